The Morgan fingerprint density at radius 2 is 2.06 bits per heavy atom. The van der Waals surface area contributed by atoms with E-state index < -0.39 is 11.9 Å². The minimum absolute atomic E-state index is 0.515. The number of aliphatic carboxylic acids is 1. The molecule has 0 spiro atoms. The van der Waals surface area contributed by atoms with E-state index in [-0.39, 0.29) is 0 Å². The fourth-order valence-corrected chi connectivity index (χ4v) is 2.49. The molecule has 0 aliphatic carbocycles. The summed E-state index contributed by atoms with van der Waals surface area (Å²) in [6.45, 7) is 4.10. The Morgan fingerprint density at radius 3 is 2.67 bits per heavy atom. The average Bonchev–Trinajstić information content (AvgIpc) is 2.38. The van der Waals surface area contributed by atoms with E-state index in [0.29, 0.717) is 17.1 Å². The fourth-order valence-electron chi connectivity index (χ4n) is 2.22. The van der Waals surface area contributed by atoms with Crippen LogP contribution in [0.3, 0.4) is 0 Å². The van der Waals surface area contributed by atoms with Gasteiger partial charge in [-0.05, 0) is 11.6 Å². The molecule has 2 N–H and O–H groups in total. The van der Waals surface area contributed by atoms with Crippen molar-refractivity contribution < 1.29 is 9.90 Å². The molecule has 1 aliphatic rings. The van der Waals surface area contributed by atoms with Gasteiger partial charge in [-0.3, -0.25) is 9.69 Å². The average molecular weight is 269 g/mol. The van der Waals surface area contributed by atoms with Gasteiger partial charge in [0.25, 0.3) is 0 Å². The number of halogens is 1. The topological polar surface area (TPSA) is 52.6 Å². The Morgan fingerprint density at radius 1 is 1.39 bits per heavy atom. The standard InChI is InChI=1S/C13H17ClN2O2/c14-12-4-2-1-3-10(12)11(13(17)18)9-16-7-5-15-6-8-16/h1-4,11,15H,5-9H2,(H,17,18). The number of nitrogens with one attached hydrogen (secondary N) is 1. The highest BCUT2D eigenvalue weighted by Gasteiger charge is 2.25. The Bertz CT molecular complexity index is 419. The van der Waals surface area contributed by atoms with Crippen LogP contribution in [-0.4, -0.2) is 48.7 Å². The maximum absolute atomic E-state index is 11.4. The van der Waals surface area contributed by atoms with Crippen molar-refractivity contribution >= 4 is 17.6 Å². The minimum atomic E-state index is -0.818. The van der Waals surface area contributed by atoms with Gasteiger partial charge in [0.1, 0.15) is 0 Å². The Kier molecular flexibility index (Phi) is 4.58. The van der Waals surface area contributed by atoms with Crippen molar-refractivity contribution in [1.29, 1.82) is 0 Å². The van der Waals surface area contributed by atoms with Crippen LogP contribution in [0, 0.1) is 0 Å². The molecule has 0 saturated carbocycles. The third-order valence-electron chi connectivity index (χ3n) is 3.23. The van der Waals surface area contributed by atoms with Gasteiger partial charge < -0.3 is 10.4 Å². The molecule has 1 saturated heterocycles. The molecule has 0 bridgehead atoms. The SMILES string of the molecule is O=C(O)C(CN1CCNCC1)c1ccccc1Cl. The van der Waals surface area contributed by atoms with Crippen LogP contribution in [0.25, 0.3) is 0 Å². The highest BCUT2D eigenvalue weighted by molar-refractivity contribution is 6.31. The van der Waals surface area contributed by atoms with Crippen LogP contribution < -0.4 is 5.32 Å². The molecule has 5 heteroatoms. The highest BCUT2D eigenvalue weighted by atomic mass is 35.5. The van der Waals surface area contributed by atoms with Crippen LogP contribution in [0.4, 0.5) is 0 Å². The first-order valence-corrected chi connectivity index (χ1v) is 6.46. The summed E-state index contributed by atoms with van der Waals surface area (Å²) in [7, 11) is 0. The summed E-state index contributed by atoms with van der Waals surface area (Å²) in [6, 6.07) is 7.18. The fraction of sp³-hybridized carbons (Fsp3) is 0.462. The summed E-state index contributed by atoms with van der Waals surface area (Å²) in [5.74, 6) is -1.38. The smallest absolute Gasteiger partial charge is 0.312 e. The molecule has 1 aromatic rings. The van der Waals surface area contributed by atoms with Crippen molar-refractivity contribution in [2.75, 3.05) is 32.7 Å². The van der Waals surface area contributed by atoms with Gasteiger partial charge in [0, 0.05) is 37.7 Å². The van der Waals surface area contributed by atoms with E-state index in [0.717, 1.165) is 26.2 Å². The molecule has 1 fully saturated rings. The molecular formula is C13H17ClN2O2. The van der Waals surface area contributed by atoms with Gasteiger partial charge in [0.15, 0.2) is 0 Å². The summed E-state index contributed by atoms with van der Waals surface area (Å²) < 4.78 is 0. The number of carbonyl (C=O) groups is 1. The first-order valence-electron chi connectivity index (χ1n) is 6.09. The summed E-state index contributed by atoms with van der Waals surface area (Å²) in [5.41, 5.74) is 0.699. The number of hydrogen-bond acceptors (Lipinski definition) is 3. The van der Waals surface area contributed by atoms with E-state index in [1.165, 1.54) is 0 Å². The van der Waals surface area contributed by atoms with E-state index in [9.17, 15) is 9.90 Å². The van der Waals surface area contributed by atoms with Crippen LogP contribution in [-0.2, 0) is 4.79 Å². The molecule has 1 aromatic carbocycles. The van der Waals surface area contributed by atoms with Crippen LogP contribution >= 0.6 is 11.6 Å². The van der Waals surface area contributed by atoms with Gasteiger partial charge in [0.2, 0.25) is 0 Å². The number of nitrogens with zero attached hydrogens (tertiary/aromatic N) is 1. The van der Waals surface area contributed by atoms with Gasteiger partial charge in [0.05, 0.1) is 5.92 Å². The molecule has 1 heterocycles. The molecule has 0 radical (unpaired) electrons. The number of carboxylic acids is 1. The maximum Gasteiger partial charge on any atom is 0.312 e. The Balaban J connectivity index is 2.13. The van der Waals surface area contributed by atoms with Gasteiger partial charge in [-0.15, -0.1) is 0 Å². The second kappa shape index (κ2) is 6.18. The molecule has 1 unspecified atom stereocenters. The lowest BCUT2D eigenvalue weighted by Gasteiger charge is -2.29. The first kappa shape index (κ1) is 13.3. The summed E-state index contributed by atoms with van der Waals surface area (Å²) in [6.07, 6.45) is 0. The van der Waals surface area contributed by atoms with Crippen LogP contribution in [0.15, 0.2) is 24.3 Å². The predicted octanol–water partition coefficient (Wildman–Crippen LogP) is 1.41. The van der Waals surface area contributed by atoms with Gasteiger partial charge in [-0.1, -0.05) is 29.8 Å². The highest BCUT2D eigenvalue weighted by Crippen LogP contribution is 2.25. The van der Waals surface area contributed by atoms with Crippen LogP contribution in [0.1, 0.15) is 11.5 Å². The summed E-state index contributed by atoms with van der Waals surface area (Å²) in [5, 5.41) is 13.2. The lowest BCUT2D eigenvalue weighted by Crippen LogP contribution is -2.45. The zero-order valence-electron chi connectivity index (χ0n) is 10.1. The minimum Gasteiger partial charge on any atom is -0.481 e. The lowest BCUT2D eigenvalue weighted by atomic mass is 9.98. The molecule has 18 heavy (non-hydrogen) atoms. The first-order chi connectivity index (χ1) is 8.68. The molecule has 1 aliphatic heterocycles. The second-order valence-corrected chi connectivity index (χ2v) is 4.87. The summed E-state index contributed by atoms with van der Waals surface area (Å²) in [4.78, 5) is 13.6. The van der Waals surface area contributed by atoms with Crippen molar-refractivity contribution in [3.8, 4) is 0 Å². The van der Waals surface area contributed by atoms with E-state index >= 15 is 0 Å². The monoisotopic (exact) mass is 268 g/mol. The van der Waals surface area contributed by atoms with Crippen molar-refractivity contribution in [1.82, 2.24) is 10.2 Å². The van der Waals surface area contributed by atoms with Crippen molar-refractivity contribution in [2.24, 2.45) is 0 Å². The molecule has 98 valence electrons. The number of rotatable bonds is 4. The van der Waals surface area contributed by atoms with E-state index in [1.54, 1.807) is 12.1 Å². The predicted molar refractivity (Wildman–Crippen MR) is 71.1 cm³/mol. The molecule has 4 nitrogen and oxygen atoms in total. The maximum atomic E-state index is 11.4. The zero-order valence-corrected chi connectivity index (χ0v) is 10.9. The molecular weight excluding hydrogens is 252 g/mol. The van der Waals surface area contributed by atoms with Crippen LogP contribution in [0.2, 0.25) is 5.02 Å². The summed E-state index contributed by atoms with van der Waals surface area (Å²) >= 11 is 6.09. The second-order valence-electron chi connectivity index (χ2n) is 4.46. The molecule has 2 rings (SSSR count). The van der Waals surface area contributed by atoms with E-state index in [4.69, 9.17) is 11.6 Å². The number of hydrogen-bond donors (Lipinski definition) is 2. The van der Waals surface area contributed by atoms with Crippen molar-refractivity contribution in [2.45, 2.75) is 5.92 Å². The Labute approximate surface area is 112 Å². The third kappa shape index (κ3) is 3.22. The van der Waals surface area contributed by atoms with Gasteiger partial charge in [-0.2, -0.15) is 0 Å². The largest absolute Gasteiger partial charge is 0.481 e. The number of piperazine rings is 1. The third-order valence-corrected chi connectivity index (χ3v) is 3.57. The van der Waals surface area contributed by atoms with Crippen molar-refractivity contribution in [3.63, 3.8) is 0 Å². The molecule has 0 amide bonds. The van der Waals surface area contributed by atoms with Crippen LogP contribution in [0.5, 0.6) is 0 Å². The Hall–Kier alpha value is -1.10. The number of benzene rings is 1. The van der Waals surface area contributed by atoms with Gasteiger partial charge in [-0.25, -0.2) is 0 Å². The van der Waals surface area contributed by atoms with Gasteiger partial charge >= 0.3 is 5.97 Å². The number of carboxylic acid groups (broad SMARTS) is 1. The molecule has 1 atom stereocenters. The normalized spacial score (nSPS) is 18.5. The lowest BCUT2D eigenvalue weighted by molar-refractivity contribution is -0.139. The van der Waals surface area contributed by atoms with E-state index in [2.05, 4.69) is 10.2 Å². The molecule has 0 aromatic heterocycles. The quantitative estimate of drug-likeness (QED) is 0.867. The van der Waals surface area contributed by atoms with Crippen molar-refractivity contribution in [3.05, 3.63) is 34.9 Å². The zero-order chi connectivity index (χ0) is 13.0. The van der Waals surface area contributed by atoms with E-state index in [1.807, 2.05) is 12.1 Å².